The summed E-state index contributed by atoms with van der Waals surface area (Å²) in [5.41, 5.74) is 0. The summed E-state index contributed by atoms with van der Waals surface area (Å²) >= 11 is 3.41. The predicted molar refractivity (Wildman–Crippen MR) is 59.9 cm³/mol. The zero-order valence-corrected chi connectivity index (χ0v) is 10.4. The topological polar surface area (TPSA) is 36.3 Å². The molecular weight excluding hydrogens is 260 g/mol. The SMILES string of the molecule is Cn1cc(Br)c(OCC2CCOCC2)n1. The lowest BCUT2D eigenvalue weighted by Gasteiger charge is -2.21. The van der Waals surface area contributed by atoms with Crippen molar-refractivity contribution in [1.29, 1.82) is 0 Å². The standard InChI is InChI=1S/C10H15BrN2O2/c1-13-6-9(11)10(12-13)15-7-8-2-4-14-5-3-8/h6,8H,2-5,7H2,1H3. The van der Waals surface area contributed by atoms with Crippen LogP contribution in [0, 0.1) is 5.92 Å². The van der Waals surface area contributed by atoms with E-state index in [-0.39, 0.29) is 0 Å². The molecule has 4 nitrogen and oxygen atoms in total. The Morgan fingerprint density at radius 2 is 2.33 bits per heavy atom. The summed E-state index contributed by atoms with van der Waals surface area (Å²) in [6.07, 6.45) is 4.06. The molecule has 2 rings (SSSR count). The molecule has 1 aromatic rings. The first-order valence-corrected chi connectivity index (χ1v) is 5.94. The van der Waals surface area contributed by atoms with E-state index in [0.29, 0.717) is 11.8 Å². The number of halogens is 1. The Bertz CT molecular complexity index is 321. The van der Waals surface area contributed by atoms with Crippen molar-refractivity contribution in [1.82, 2.24) is 9.78 Å². The summed E-state index contributed by atoms with van der Waals surface area (Å²) in [7, 11) is 1.88. The van der Waals surface area contributed by atoms with Crippen LogP contribution in [0.5, 0.6) is 5.88 Å². The van der Waals surface area contributed by atoms with Crippen molar-refractivity contribution in [3.8, 4) is 5.88 Å². The lowest BCUT2D eigenvalue weighted by molar-refractivity contribution is 0.0488. The fourth-order valence-electron chi connectivity index (χ4n) is 1.65. The van der Waals surface area contributed by atoms with E-state index in [1.807, 2.05) is 13.2 Å². The summed E-state index contributed by atoms with van der Waals surface area (Å²) < 4.78 is 13.6. The molecule has 0 unspecified atom stereocenters. The molecule has 0 radical (unpaired) electrons. The Labute approximate surface area is 97.7 Å². The van der Waals surface area contributed by atoms with Gasteiger partial charge in [-0.2, -0.15) is 0 Å². The average Bonchev–Trinajstić information content (AvgIpc) is 2.56. The van der Waals surface area contributed by atoms with E-state index in [0.717, 1.165) is 37.1 Å². The molecule has 15 heavy (non-hydrogen) atoms. The number of aryl methyl sites for hydroxylation is 1. The van der Waals surface area contributed by atoms with Gasteiger partial charge in [0.2, 0.25) is 5.88 Å². The predicted octanol–water partition coefficient (Wildman–Crippen LogP) is 1.99. The van der Waals surface area contributed by atoms with Crippen LogP contribution in [0.15, 0.2) is 10.7 Å². The first kappa shape index (κ1) is 11.0. The summed E-state index contributed by atoms with van der Waals surface area (Å²) in [6, 6.07) is 0. The summed E-state index contributed by atoms with van der Waals surface area (Å²) in [5.74, 6) is 1.29. The first-order chi connectivity index (χ1) is 7.25. The minimum absolute atomic E-state index is 0.604. The van der Waals surface area contributed by atoms with Crippen LogP contribution < -0.4 is 4.74 Å². The Morgan fingerprint density at radius 1 is 1.60 bits per heavy atom. The highest BCUT2D eigenvalue weighted by Gasteiger charge is 2.15. The molecule has 1 aliphatic heterocycles. The number of hydrogen-bond donors (Lipinski definition) is 0. The molecule has 5 heteroatoms. The second-order valence-electron chi connectivity index (χ2n) is 3.82. The minimum Gasteiger partial charge on any atom is -0.476 e. The highest BCUT2D eigenvalue weighted by molar-refractivity contribution is 9.10. The van der Waals surface area contributed by atoms with Gasteiger partial charge in [-0.3, -0.25) is 4.68 Å². The lowest BCUT2D eigenvalue weighted by Crippen LogP contribution is -2.21. The van der Waals surface area contributed by atoms with Crippen molar-refractivity contribution in [2.45, 2.75) is 12.8 Å². The van der Waals surface area contributed by atoms with E-state index in [4.69, 9.17) is 9.47 Å². The van der Waals surface area contributed by atoms with Gasteiger partial charge >= 0.3 is 0 Å². The average molecular weight is 275 g/mol. The molecule has 2 heterocycles. The number of ether oxygens (including phenoxy) is 2. The zero-order valence-electron chi connectivity index (χ0n) is 8.78. The molecule has 84 valence electrons. The van der Waals surface area contributed by atoms with Crippen molar-refractivity contribution < 1.29 is 9.47 Å². The van der Waals surface area contributed by atoms with Gasteiger partial charge in [0.05, 0.1) is 11.1 Å². The summed E-state index contributed by atoms with van der Waals surface area (Å²) in [6.45, 7) is 2.45. The Kier molecular flexibility index (Phi) is 3.64. The minimum atomic E-state index is 0.604. The van der Waals surface area contributed by atoms with Crippen molar-refractivity contribution in [3.05, 3.63) is 10.7 Å². The van der Waals surface area contributed by atoms with Gasteiger partial charge in [0.25, 0.3) is 0 Å². The molecule has 0 amide bonds. The second-order valence-corrected chi connectivity index (χ2v) is 4.68. The third kappa shape index (κ3) is 2.95. The van der Waals surface area contributed by atoms with Crippen molar-refractivity contribution in [2.24, 2.45) is 13.0 Å². The number of rotatable bonds is 3. The van der Waals surface area contributed by atoms with Gasteiger partial charge in [-0.15, -0.1) is 5.10 Å². The van der Waals surface area contributed by atoms with Gasteiger partial charge in [-0.25, -0.2) is 0 Å². The maximum Gasteiger partial charge on any atom is 0.247 e. The maximum absolute atomic E-state index is 5.66. The zero-order chi connectivity index (χ0) is 10.7. The van der Waals surface area contributed by atoms with Crippen LogP contribution in [-0.4, -0.2) is 29.6 Å². The van der Waals surface area contributed by atoms with Crippen LogP contribution >= 0.6 is 15.9 Å². The van der Waals surface area contributed by atoms with Crippen molar-refractivity contribution in [3.63, 3.8) is 0 Å². The molecule has 1 saturated heterocycles. The van der Waals surface area contributed by atoms with Crippen LogP contribution in [0.4, 0.5) is 0 Å². The molecule has 0 bridgehead atoms. The molecule has 1 aliphatic rings. The van der Waals surface area contributed by atoms with E-state index in [9.17, 15) is 0 Å². The Morgan fingerprint density at radius 3 is 2.93 bits per heavy atom. The van der Waals surface area contributed by atoms with Gasteiger partial charge in [-0.05, 0) is 34.7 Å². The van der Waals surface area contributed by atoms with Crippen LogP contribution in [0.25, 0.3) is 0 Å². The third-order valence-corrected chi connectivity index (χ3v) is 3.09. The van der Waals surface area contributed by atoms with Crippen molar-refractivity contribution in [2.75, 3.05) is 19.8 Å². The largest absolute Gasteiger partial charge is 0.476 e. The Hall–Kier alpha value is -0.550. The Balaban J connectivity index is 1.84. The molecule has 0 saturated carbocycles. The number of nitrogens with zero attached hydrogens (tertiary/aromatic N) is 2. The molecule has 0 aliphatic carbocycles. The van der Waals surface area contributed by atoms with E-state index in [2.05, 4.69) is 21.0 Å². The smallest absolute Gasteiger partial charge is 0.247 e. The maximum atomic E-state index is 5.66. The highest BCUT2D eigenvalue weighted by Crippen LogP contribution is 2.23. The van der Waals surface area contributed by atoms with Gasteiger partial charge in [-0.1, -0.05) is 0 Å². The molecule has 0 spiro atoms. The number of aromatic nitrogens is 2. The summed E-state index contributed by atoms with van der Waals surface area (Å²) in [5, 5.41) is 4.21. The molecule has 1 fully saturated rings. The normalized spacial score (nSPS) is 18.0. The highest BCUT2D eigenvalue weighted by atomic mass is 79.9. The van der Waals surface area contributed by atoms with Crippen LogP contribution in [0.3, 0.4) is 0 Å². The van der Waals surface area contributed by atoms with Crippen LogP contribution in [-0.2, 0) is 11.8 Å². The van der Waals surface area contributed by atoms with E-state index in [1.54, 1.807) is 4.68 Å². The van der Waals surface area contributed by atoms with Gasteiger partial charge < -0.3 is 9.47 Å². The van der Waals surface area contributed by atoms with E-state index >= 15 is 0 Å². The molecule has 1 aromatic heterocycles. The van der Waals surface area contributed by atoms with Crippen LogP contribution in [0.2, 0.25) is 0 Å². The van der Waals surface area contributed by atoms with Crippen molar-refractivity contribution >= 4 is 15.9 Å². The molecule has 0 atom stereocenters. The lowest BCUT2D eigenvalue weighted by atomic mass is 10.0. The second kappa shape index (κ2) is 4.99. The number of hydrogen-bond acceptors (Lipinski definition) is 3. The quantitative estimate of drug-likeness (QED) is 0.846. The van der Waals surface area contributed by atoms with Gasteiger partial charge in [0, 0.05) is 26.5 Å². The fourth-order valence-corrected chi connectivity index (χ4v) is 2.14. The monoisotopic (exact) mass is 274 g/mol. The van der Waals surface area contributed by atoms with E-state index in [1.165, 1.54) is 0 Å². The first-order valence-electron chi connectivity index (χ1n) is 5.15. The summed E-state index contributed by atoms with van der Waals surface area (Å²) in [4.78, 5) is 0. The van der Waals surface area contributed by atoms with Crippen LogP contribution in [0.1, 0.15) is 12.8 Å². The molecular formula is C10H15BrN2O2. The van der Waals surface area contributed by atoms with E-state index < -0.39 is 0 Å². The molecule has 0 aromatic carbocycles. The van der Waals surface area contributed by atoms with Gasteiger partial charge in [0.1, 0.15) is 0 Å². The molecule has 0 N–H and O–H groups in total. The third-order valence-electron chi connectivity index (χ3n) is 2.55. The fraction of sp³-hybridized carbons (Fsp3) is 0.700. The van der Waals surface area contributed by atoms with Gasteiger partial charge in [0.15, 0.2) is 0 Å².